The third-order valence-corrected chi connectivity index (χ3v) is 6.48. The number of benzene rings is 2. The molecule has 1 aliphatic rings. The number of amides is 1. The molecule has 0 saturated heterocycles. The first-order valence-corrected chi connectivity index (χ1v) is 12.6. The predicted octanol–water partition coefficient (Wildman–Crippen LogP) is 2.66. The van der Waals surface area contributed by atoms with E-state index in [0.717, 1.165) is 11.1 Å². The van der Waals surface area contributed by atoms with Gasteiger partial charge < -0.3 is 21.1 Å². The Balaban J connectivity index is 1.31. The zero-order valence-corrected chi connectivity index (χ0v) is 21.3. The van der Waals surface area contributed by atoms with Crippen molar-refractivity contribution >= 4 is 23.4 Å². The van der Waals surface area contributed by atoms with Crippen LogP contribution in [0.5, 0.6) is 0 Å². The van der Waals surface area contributed by atoms with Gasteiger partial charge in [-0.15, -0.1) is 0 Å². The van der Waals surface area contributed by atoms with Crippen molar-refractivity contribution in [3.8, 4) is 0 Å². The number of nitrogens with two attached hydrogens (primary N) is 1. The molecule has 5 N–H and O–H groups in total. The average molecular weight is 517 g/mol. The minimum absolute atomic E-state index is 0.0169. The van der Waals surface area contributed by atoms with Crippen LogP contribution in [0.3, 0.4) is 0 Å². The molecule has 2 heterocycles. The van der Waals surface area contributed by atoms with Gasteiger partial charge in [0.1, 0.15) is 30.0 Å². The van der Waals surface area contributed by atoms with Gasteiger partial charge >= 0.3 is 5.97 Å². The molecule has 198 valence electrons. The molecule has 0 fully saturated rings. The Kier molecular flexibility index (Phi) is 8.52. The summed E-state index contributed by atoms with van der Waals surface area (Å²) in [5, 5.41) is 13.5. The van der Waals surface area contributed by atoms with Crippen LogP contribution < -0.4 is 21.9 Å². The van der Waals surface area contributed by atoms with Crippen molar-refractivity contribution in [1.29, 1.82) is 5.41 Å². The quantitative estimate of drug-likeness (QED) is 0.174. The largest absolute Gasteiger partial charge is 0.461 e. The van der Waals surface area contributed by atoms with Gasteiger partial charge in [0, 0.05) is 31.0 Å². The van der Waals surface area contributed by atoms with E-state index < -0.39 is 6.04 Å². The maximum Gasteiger partial charge on any atom is 0.306 e. The standard InChI is InChI=1S/C28H32N6O4/c1-18(7-14-25(35)38-17-20-5-3-2-4-6-20)33-22-16-31-24-13-12-23(34(24)28(22)37)27(36)32-15-19-8-10-21(11-9-19)26(29)30/h2-6,8-11,16,18,23,33H,7,12-15,17H2,1H3,(H3,29,30)(H,32,36)/t18?,23-/m0/s1. The third kappa shape index (κ3) is 6.64. The minimum Gasteiger partial charge on any atom is -0.461 e. The van der Waals surface area contributed by atoms with Crippen LogP contribution in [-0.4, -0.2) is 33.3 Å². The van der Waals surface area contributed by atoms with Crippen LogP contribution in [0.4, 0.5) is 5.69 Å². The Bertz CT molecular complexity index is 1350. The number of carbonyl (C=O) groups excluding carboxylic acids is 2. The summed E-state index contributed by atoms with van der Waals surface area (Å²) in [4.78, 5) is 42.7. The number of ether oxygens (including phenoxy) is 1. The van der Waals surface area contributed by atoms with E-state index in [1.807, 2.05) is 37.3 Å². The molecule has 0 saturated carbocycles. The topological polar surface area (TPSA) is 152 Å². The Morgan fingerprint density at radius 2 is 1.89 bits per heavy atom. The van der Waals surface area contributed by atoms with E-state index in [9.17, 15) is 14.4 Å². The summed E-state index contributed by atoms with van der Waals surface area (Å²) in [7, 11) is 0. The zero-order valence-electron chi connectivity index (χ0n) is 21.3. The summed E-state index contributed by atoms with van der Waals surface area (Å²) in [6.07, 6.45) is 3.20. The number of hydrogen-bond donors (Lipinski definition) is 4. The van der Waals surface area contributed by atoms with Gasteiger partial charge in [0.25, 0.3) is 5.56 Å². The summed E-state index contributed by atoms with van der Waals surface area (Å²) in [5.74, 6) is -0.00553. The number of nitrogen functional groups attached to an aromatic ring is 1. The smallest absolute Gasteiger partial charge is 0.306 e. The fourth-order valence-corrected chi connectivity index (χ4v) is 4.34. The molecular weight excluding hydrogens is 484 g/mol. The van der Waals surface area contributed by atoms with Gasteiger partial charge in [-0.25, -0.2) is 4.98 Å². The van der Waals surface area contributed by atoms with Gasteiger partial charge in [-0.2, -0.15) is 0 Å². The lowest BCUT2D eigenvalue weighted by atomic mass is 10.1. The molecular formula is C28H32N6O4. The molecule has 38 heavy (non-hydrogen) atoms. The number of aryl methyl sites for hydroxylation is 1. The van der Waals surface area contributed by atoms with Crippen molar-refractivity contribution in [3.05, 3.63) is 93.7 Å². The van der Waals surface area contributed by atoms with Crippen LogP contribution in [0.1, 0.15) is 54.7 Å². The highest BCUT2D eigenvalue weighted by molar-refractivity contribution is 5.94. The molecule has 1 aromatic heterocycles. The number of amidine groups is 1. The van der Waals surface area contributed by atoms with Crippen molar-refractivity contribution in [2.45, 2.75) is 57.8 Å². The summed E-state index contributed by atoms with van der Waals surface area (Å²) in [5.41, 5.74) is 7.86. The lowest BCUT2D eigenvalue weighted by Crippen LogP contribution is -2.37. The molecule has 0 bridgehead atoms. The molecule has 2 aromatic carbocycles. The Hall–Kier alpha value is -4.47. The van der Waals surface area contributed by atoms with Gasteiger partial charge in [-0.1, -0.05) is 54.6 Å². The number of aromatic nitrogens is 2. The van der Waals surface area contributed by atoms with Crippen LogP contribution in [0.25, 0.3) is 0 Å². The summed E-state index contributed by atoms with van der Waals surface area (Å²) in [6.45, 7) is 2.40. The number of carbonyl (C=O) groups is 2. The molecule has 3 aromatic rings. The minimum atomic E-state index is -0.647. The van der Waals surface area contributed by atoms with Crippen LogP contribution in [0.15, 0.2) is 65.6 Å². The SMILES string of the molecule is CC(CCC(=O)OCc1ccccc1)Nc1cnc2n(c1=O)[C@H](C(=O)NCc1ccc(C(=N)N)cc1)CC2. The molecule has 0 aliphatic carbocycles. The van der Waals surface area contributed by atoms with Crippen molar-refractivity contribution in [3.63, 3.8) is 0 Å². The van der Waals surface area contributed by atoms with E-state index in [4.69, 9.17) is 15.9 Å². The normalized spacial score (nSPS) is 14.8. The highest BCUT2D eigenvalue weighted by atomic mass is 16.5. The first kappa shape index (κ1) is 26.6. The molecule has 1 amide bonds. The summed E-state index contributed by atoms with van der Waals surface area (Å²) >= 11 is 0. The van der Waals surface area contributed by atoms with Crippen LogP contribution in [0, 0.1) is 5.41 Å². The maximum absolute atomic E-state index is 13.2. The van der Waals surface area contributed by atoms with Gasteiger partial charge in [0.15, 0.2) is 0 Å². The van der Waals surface area contributed by atoms with Gasteiger partial charge in [0.05, 0.1) is 6.20 Å². The Morgan fingerprint density at radius 3 is 2.61 bits per heavy atom. The second-order valence-electron chi connectivity index (χ2n) is 9.38. The predicted molar refractivity (Wildman–Crippen MR) is 144 cm³/mol. The number of fused-ring (bicyclic) bond motifs is 1. The Morgan fingerprint density at radius 1 is 1.16 bits per heavy atom. The highest BCUT2D eigenvalue weighted by Crippen LogP contribution is 2.23. The van der Waals surface area contributed by atoms with E-state index >= 15 is 0 Å². The number of esters is 1. The zero-order chi connectivity index (χ0) is 27.1. The average Bonchev–Trinajstić information content (AvgIpc) is 3.37. The van der Waals surface area contributed by atoms with Crippen LogP contribution >= 0.6 is 0 Å². The van der Waals surface area contributed by atoms with Gasteiger partial charge in [0.2, 0.25) is 5.91 Å². The van der Waals surface area contributed by atoms with Crippen LogP contribution in [0.2, 0.25) is 0 Å². The second-order valence-corrected chi connectivity index (χ2v) is 9.38. The number of hydrogen-bond acceptors (Lipinski definition) is 7. The molecule has 1 unspecified atom stereocenters. The molecule has 10 nitrogen and oxygen atoms in total. The monoisotopic (exact) mass is 516 g/mol. The second kappa shape index (κ2) is 12.2. The third-order valence-electron chi connectivity index (χ3n) is 6.48. The maximum atomic E-state index is 13.2. The van der Waals surface area contributed by atoms with E-state index in [1.54, 1.807) is 24.3 Å². The first-order valence-electron chi connectivity index (χ1n) is 12.6. The molecule has 2 atom stereocenters. The van der Waals surface area contributed by atoms with E-state index in [-0.39, 0.29) is 42.3 Å². The fourth-order valence-electron chi connectivity index (χ4n) is 4.34. The summed E-state index contributed by atoms with van der Waals surface area (Å²) in [6, 6.07) is 15.7. The van der Waals surface area contributed by atoms with E-state index in [2.05, 4.69) is 15.6 Å². The lowest BCUT2D eigenvalue weighted by Gasteiger charge is -2.18. The van der Waals surface area contributed by atoms with Gasteiger partial charge in [-0.3, -0.25) is 24.4 Å². The Labute approximate surface area is 220 Å². The van der Waals surface area contributed by atoms with E-state index in [0.29, 0.717) is 42.9 Å². The van der Waals surface area contributed by atoms with Crippen molar-refractivity contribution in [2.24, 2.45) is 5.73 Å². The van der Waals surface area contributed by atoms with Crippen molar-refractivity contribution in [1.82, 2.24) is 14.9 Å². The number of nitrogens with one attached hydrogen (secondary N) is 3. The lowest BCUT2D eigenvalue weighted by molar-refractivity contribution is -0.145. The first-order chi connectivity index (χ1) is 18.3. The molecule has 10 heteroatoms. The molecule has 0 spiro atoms. The van der Waals surface area contributed by atoms with Gasteiger partial charge in [-0.05, 0) is 30.9 Å². The fraction of sp³-hybridized carbons (Fsp3) is 0.321. The van der Waals surface area contributed by atoms with Crippen molar-refractivity contribution < 1.29 is 14.3 Å². The van der Waals surface area contributed by atoms with Crippen LogP contribution in [-0.2, 0) is 33.9 Å². The van der Waals surface area contributed by atoms with E-state index in [1.165, 1.54) is 10.8 Å². The number of nitrogens with zero attached hydrogens (tertiary/aromatic N) is 2. The molecule has 1 aliphatic heterocycles. The summed E-state index contributed by atoms with van der Waals surface area (Å²) < 4.78 is 6.78. The number of anilines is 1. The highest BCUT2D eigenvalue weighted by Gasteiger charge is 2.31. The molecule has 4 rings (SSSR count). The molecule has 0 radical (unpaired) electrons. The number of rotatable bonds is 11. The van der Waals surface area contributed by atoms with Crippen molar-refractivity contribution in [2.75, 3.05) is 5.32 Å².